The molecule has 1 aliphatic rings. The Morgan fingerprint density at radius 2 is 1.76 bits per heavy atom. The lowest BCUT2D eigenvalue weighted by atomic mass is 10.1. The molecule has 4 aromatic rings. The standard InChI is InChI=1S/C22H16F5N5OS/c23-13-6-12-16(7-14(13)24)28-9-17(12)31-20(33)21-30-10-18(34-21)11-5-15(25)19(29-8-11)32-3-1-22(26,27)2-4-32/h5-10,28H,1-4H2,(H,31,33). The molecule has 176 valence electrons. The highest BCUT2D eigenvalue weighted by Crippen LogP contribution is 2.33. The number of thiazole rings is 1. The molecule has 0 radical (unpaired) electrons. The van der Waals surface area contributed by atoms with Crippen molar-refractivity contribution >= 4 is 39.7 Å². The van der Waals surface area contributed by atoms with Gasteiger partial charge in [-0.1, -0.05) is 0 Å². The van der Waals surface area contributed by atoms with Crippen molar-refractivity contribution in [2.75, 3.05) is 23.3 Å². The van der Waals surface area contributed by atoms with Gasteiger partial charge in [-0.2, -0.15) is 0 Å². The summed E-state index contributed by atoms with van der Waals surface area (Å²) >= 11 is 0.990. The summed E-state index contributed by atoms with van der Waals surface area (Å²) in [6, 6.07) is 3.19. The van der Waals surface area contributed by atoms with Crippen LogP contribution in [0.3, 0.4) is 0 Å². The maximum Gasteiger partial charge on any atom is 0.284 e. The number of hydrogen-bond acceptors (Lipinski definition) is 5. The Kier molecular flexibility index (Phi) is 5.47. The molecule has 34 heavy (non-hydrogen) atoms. The fourth-order valence-electron chi connectivity index (χ4n) is 3.75. The Hall–Kier alpha value is -3.54. The number of H-pyrrole nitrogens is 1. The van der Waals surface area contributed by atoms with Gasteiger partial charge in [-0.05, 0) is 12.1 Å². The van der Waals surface area contributed by atoms with Crippen LogP contribution in [0.1, 0.15) is 22.6 Å². The largest absolute Gasteiger partial charge is 0.359 e. The first kappa shape index (κ1) is 22.3. The number of anilines is 2. The van der Waals surface area contributed by atoms with E-state index in [-0.39, 0.29) is 42.4 Å². The van der Waals surface area contributed by atoms with Gasteiger partial charge in [0.2, 0.25) is 0 Å². The smallest absolute Gasteiger partial charge is 0.284 e. The Morgan fingerprint density at radius 3 is 2.50 bits per heavy atom. The molecule has 1 aromatic carbocycles. The van der Waals surface area contributed by atoms with E-state index in [1.165, 1.54) is 29.6 Å². The van der Waals surface area contributed by atoms with Crippen molar-refractivity contribution in [3.8, 4) is 10.4 Å². The number of piperidine rings is 1. The summed E-state index contributed by atoms with van der Waals surface area (Å²) in [6.07, 6.45) is 3.48. The minimum Gasteiger partial charge on any atom is -0.359 e. The number of halogens is 5. The lowest BCUT2D eigenvalue weighted by Gasteiger charge is -2.32. The number of nitrogens with one attached hydrogen (secondary N) is 2. The zero-order valence-corrected chi connectivity index (χ0v) is 18.2. The van der Waals surface area contributed by atoms with Gasteiger partial charge in [0.05, 0.1) is 16.1 Å². The summed E-state index contributed by atoms with van der Waals surface area (Å²) < 4.78 is 68.4. The first-order valence-electron chi connectivity index (χ1n) is 10.2. The Balaban J connectivity index is 1.32. The normalized spacial score (nSPS) is 15.6. The van der Waals surface area contributed by atoms with Crippen molar-refractivity contribution in [1.82, 2.24) is 15.0 Å². The number of carbonyl (C=O) groups is 1. The molecule has 0 spiro atoms. The number of pyridine rings is 1. The van der Waals surface area contributed by atoms with Crippen LogP contribution < -0.4 is 10.2 Å². The van der Waals surface area contributed by atoms with Crippen molar-refractivity contribution in [3.63, 3.8) is 0 Å². The summed E-state index contributed by atoms with van der Waals surface area (Å²) in [5, 5.41) is 2.95. The number of aromatic nitrogens is 3. The molecule has 0 unspecified atom stereocenters. The first-order chi connectivity index (χ1) is 16.2. The van der Waals surface area contributed by atoms with E-state index in [1.807, 2.05) is 0 Å². The molecule has 0 atom stereocenters. The highest BCUT2D eigenvalue weighted by molar-refractivity contribution is 7.17. The molecule has 1 amide bonds. The predicted octanol–water partition coefficient (Wildman–Crippen LogP) is 5.59. The number of alkyl halides is 2. The number of rotatable bonds is 4. The summed E-state index contributed by atoms with van der Waals surface area (Å²) in [5.41, 5.74) is 0.942. The molecule has 12 heteroatoms. The number of hydrogen-bond donors (Lipinski definition) is 2. The molecule has 5 rings (SSSR count). The molecule has 2 N–H and O–H groups in total. The Labute approximate surface area is 193 Å². The molecule has 3 aromatic heterocycles. The third-order valence-electron chi connectivity index (χ3n) is 5.57. The topological polar surface area (TPSA) is 73.9 Å². The van der Waals surface area contributed by atoms with Crippen LogP contribution in [0.5, 0.6) is 0 Å². The van der Waals surface area contributed by atoms with Crippen LogP contribution in [0.15, 0.2) is 36.8 Å². The zero-order chi connectivity index (χ0) is 24.0. The quantitative estimate of drug-likeness (QED) is 0.364. The van der Waals surface area contributed by atoms with Crippen molar-refractivity contribution in [2.45, 2.75) is 18.8 Å². The number of fused-ring (bicyclic) bond motifs is 1. The van der Waals surface area contributed by atoms with E-state index >= 15 is 0 Å². The molecular weight excluding hydrogens is 477 g/mol. The third-order valence-corrected chi connectivity index (χ3v) is 6.62. The molecule has 6 nitrogen and oxygen atoms in total. The zero-order valence-electron chi connectivity index (χ0n) is 17.3. The second-order valence-corrected chi connectivity index (χ2v) is 8.90. The van der Waals surface area contributed by atoms with Crippen LogP contribution in [0.4, 0.5) is 33.5 Å². The number of benzene rings is 1. The first-order valence-corrected chi connectivity index (χ1v) is 11.0. The van der Waals surface area contributed by atoms with Gasteiger partial charge in [-0.15, -0.1) is 11.3 Å². The van der Waals surface area contributed by atoms with Gasteiger partial charge >= 0.3 is 0 Å². The Morgan fingerprint density at radius 1 is 1.03 bits per heavy atom. The van der Waals surface area contributed by atoms with E-state index in [4.69, 9.17) is 0 Å². The number of carbonyl (C=O) groups excluding carboxylic acids is 1. The summed E-state index contributed by atoms with van der Waals surface area (Å²) in [4.78, 5) is 25.5. The number of aromatic amines is 1. The molecule has 0 bridgehead atoms. The van der Waals surface area contributed by atoms with Crippen LogP contribution in [0.2, 0.25) is 0 Å². The van der Waals surface area contributed by atoms with Crippen LogP contribution >= 0.6 is 11.3 Å². The van der Waals surface area contributed by atoms with Gasteiger partial charge in [-0.25, -0.2) is 31.9 Å². The predicted molar refractivity (Wildman–Crippen MR) is 118 cm³/mol. The lowest BCUT2D eigenvalue weighted by Crippen LogP contribution is -2.40. The minimum absolute atomic E-state index is 0.00439. The molecule has 0 saturated carbocycles. The van der Waals surface area contributed by atoms with Crippen molar-refractivity contribution < 1.29 is 26.7 Å². The average molecular weight is 493 g/mol. The van der Waals surface area contributed by atoms with Crippen molar-refractivity contribution in [2.24, 2.45) is 0 Å². The summed E-state index contributed by atoms with van der Waals surface area (Å²) in [5.74, 6) is -6.04. The van der Waals surface area contributed by atoms with Crippen molar-refractivity contribution in [3.05, 3.63) is 59.2 Å². The minimum atomic E-state index is -2.75. The molecule has 1 saturated heterocycles. The molecular formula is C22H16F5N5OS. The highest BCUT2D eigenvalue weighted by Gasteiger charge is 2.35. The van der Waals surface area contributed by atoms with Crippen LogP contribution in [0.25, 0.3) is 21.3 Å². The fourth-order valence-corrected chi connectivity index (χ4v) is 4.54. The van der Waals surface area contributed by atoms with Crippen molar-refractivity contribution in [1.29, 1.82) is 0 Å². The van der Waals surface area contributed by atoms with E-state index in [1.54, 1.807) is 0 Å². The van der Waals surface area contributed by atoms with Crippen LogP contribution in [-0.2, 0) is 0 Å². The van der Waals surface area contributed by atoms with E-state index < -0.39 is 29.3 Å². The summed E-state index contributed by atoms with van der Waals surface area (Å²) in [6.45, 7) is 0.0110. The lowest BCUT2D eigenvalue weighted by molar-refractivity contribution is -0.0222. The van der Waals surface area contributed by atoms with E-state index in [2.05, 4.69) is 20.3 Å². The second kappa shape index (κ2) is 8.35. The van der Waals surface area contributed by atoms with Gasteiger partial charge in [0.1, 0.15) is 0 Å². The maximum atomic E-state index is 14.7. The average Bonchev–Trinajstić information content (AvgIpc) is 3.43. The van der Waals surface area contributed by atoms with Crippen LogP contribution in [0, 0.1) is 17.5 Å². The van der Waals surface area contributed by atoms with Gasteiger partial charge in [0.15, 0.2) is 28.3 Å². The molecule has 1 aliphatic heterocycles. The maximum absolute atomic E-state index is 14.7. The second-order valence-electron chi connectivity index (χ2n) is 7.87. The highest BCUT2D eigenvalue weighted by atomic mass is 32.1. The fraction of sp³-hybridized carbons (Fsp3) is 0.227. The van der Waals surface area contributed by atoms with Gasteiger partial charge < -0.3 is 15.2 Å². The monoisotopic (exact) mass is 493 g/mol. The molecule has 4 heterocycles. The third kappa shape index (κ3) is 4.20. The van der Waals surface area contributed by atoms with Gasteiger partial charge in [0, 0.05) is 61.5 Å². The van der Waals surface area contributed by atoms with Gasteiger partial charge in [0.25, 0.3) is 11.8 Å². The van der Waals surface area contributed by atoms with Crippen LogP contribution in [-0.4, -0.2) is 39.9 Å². The Bertz CT molecular complexity index is 1390. The van der Waals surface area contributed by atoms with Gasteiger partial charge in [-0.3, -0.25) is 4.79 Å². The van der Waals surface area contributed by atoms with E-state index in [9.17, 15) is 26.7 Å². The molecule has 1 fully saturated rings. The SMILES string of the molecule is O=C(Nc1c[nH]c2cc(F)c(F)cc12)c1ncc(-c2cnc(N3CCC(F)(F)CC3)c(F)c2)s1. The number of nitrogens with zero attached hydrogens (tertiary/aromatic N) is 3. The van der Waals surface area contributed by atoms with E-state index in [0.717, 1.165) is 23.5 Å². The van der Waals surface area contributed by atoms with E-state index in [0.29, 0.717) is 21.3 Å². The summed E-state index contributed by atoms with van der Waals surface area (Å²) in [7, 11) is 0. The molecule has 0 aliphatic carbocycles. The number of amides is 1.